The molecule has 5 heteroatoms. The van der Waals surface area contributed by atoms with Gasteiger partial charge in [0.15, 0.2) is 0 Å². The first-order valence-corrected chi connectivity index (χ1v) is 8.09. The largest absolute Gasteiger partial charge is 0.240 e. The minimum atomic E-state index is -3.42. The van der Waals surface area contributed by atoms with Gasteiger partial charge in [-0.3, -0.25) is 0 Å². The predicted octanol–water partition coefficient (Wildman–Crippen LogP) is 3.59. The predicted molar refractivity (Wildman–Crippen MR) is 75.4 cm³/mol. The molecule has 0 aromatic heterocycles. The average Bonchev–Trinajstić information content (AvgIpc) is 2.29. The Kier molecular flexibility index (Phi) is 6.12. The first kappa shape index (κ1) is 15.5. The van der Waals surface area contributed by atoms with Crippen LogP contribution in [-0.2, 0) is 10.0 Å². The van der Waals surface area contributed by atoms with Gasteiger partial charge < -0.3 is 0 Å². The Labute approximate surface area is 115 Å². The third kappa shape index (κ3) is 4.96. The summed E-state index contributed by atoms with van der Waals surface area (Å²) in [4.78, 5) is 0.259. The minimum absolute atomic E-state index is 0.0442. The summed E-state index contributed by atoms with van der Waals surface area (Å²) in [5.41, 5.74) is 0. The average molecular weight is 290 g/mol. The van der Waals surface area contributed by atoms with Crippen molar-refractivity contribution in [2.75, 3.05) is 0 Å². The van der Waals surface area contributed by atoms with Gasteiger partial charge in [0.1, 0.15) is 0 Å². The summed E-state index contributed by atoms with van der Waals surface area (Å²) in [6.45, 7) is 4.02. The number of rotatable bonds is 7. The van der Waals surface area contributed by atoms with Crippen LogP contribution < -0.4 is 4.72 Å². The number of unbranched alkanes of at least 4 members (excludes halogenated alkanes) is 2. The van der Waals surface area contributed by atoms with E-state index in [0.717, 1.165) is 25.7 Å². The van der Waals surface area contributed by atoms with Gasteiger partial charge in [0, 0.05) is 11.1 Å². The number of hydrogen-bond donors (Lipinski definition) is 1. The molecular weight excluding hydrogens is 270 g/mol. The zero-order valence-electron chi connectivity index (χ0n) is 10.8. The molecule has 0 aliphatic heterocycles. The molecular formula is C13H20ClNO2S. The molecule has 0 aliphatic carbocycles. The monoisotopic (exact) mass is 289 g/mol. The second-order valence-corrected chi connectivity index (χ2v) is 6.62. The van der Waals surface area contributed by atoms with E-state index in [1.807, 2.05) is 6.92 Å². The molecule has 0 fully saturated rings. The lowest BCUT2D eigenvalue weighted by Gasteiger charge is -2.14. The van der Waals surface area contributed by atoms with Gasteiger partial charge in [0.2, 0.25) is 10.0 Å². The molecule has 1 rings (SSSR count). The van der Waals surface area contributed by atoms with Gasteiger partial charge in [-0.05, 0) is 37.6 Å². The summed E-state index contributed by atoms with van der Waals surface area (Å²) >= 11 is 5.74. The summed E-state index contributed by atoms with van der Waals surface area (Å²) < 4.78 is 26.7. The molecule has 0 saturated carbocycles. The molecule has 1 aromatic carbocycles. The molecule has 0 amide bonds. The number of hydrogen-bond acceptors (Lipinski definition) is 2. The molecule has 1 N–H and O–H groups in total. The molecule has 0 saturated heterocycles. The molecule has 3 nitrogen and oxygen atoms in total. The highest BCUT2D eigenvalue weighted by atomic mass is 35.5. The van der Waals surface area contributed by atoms with Crippen molar-refractivity contribution in [1.82, 2.24) is 4.72 Å². The van der Waals surface area contributed by atoms with E-state index >= 15 is 0 Å². The van der Waals surface area contributed by atoms with Crippen LogP contribution in [0, 0.1) is 0 Å². The smallest absolute Gasteiger partial charge is 0.208 e. The zero-order chi connectivity index (χ0) is 13.6. The fraction of sp³-hybridized carbons (Fsp3) is 0.538. The molecule has 102 valence electrons. The van der Waals surface area contributed by atoms with Gasteiger partial charge in [-0.1, -0.05) is 37.8 Å². The molecule has 1 unspecified atom stereocenters. The Balaban J connectivity index is 2.61. The van der Waals surface area contributed by atoms with E-state index in [0.29, 0.717) is 5.02 Å². The van der Waals surface area contributed by atoms with E-state index in [1.165, 1.54) is 12.1 Å². The number of benzene rings is 1. The van der Waals surface area contributed by atoms with Crippen LogP contribution in [-0.4, -0.2) is 14.5 Å². The lowest BCUT2D eigenvalue weighted by Crippen LogP contribution is -2.32. The Hall–Kier alpha value is -0.580. The Morgan fingerprint density at radius 2 is 1.83 bits per heavy atom. The van der Waals surface area contributed by atoms with Crippen molar-refractivity contribution in [3.05, 3.63) is 29.3 Å². The van der Waals surface area contributed by atoms with Crippen LogP contribution in [0.15, 0.2) is 29.2 Å². The molecule has 1 atom stereocenters. The molecule has 0 bridgehead atoms. The summed E-state index contributed by atoms with van der Waals surface area (Å²) in [5, 5.41) is 0.532. The van der Waals surface area contributed by atoms with Crippen molar-refractivity contribution < 1.29 is 8.42 Å². The van der Waals surface area contributed by atoms with E-state index in [1.54, 1.807) is 12.1 Å². The van der Waals surface area contributed by atoms with Crippen molar-refractivity contribution in [1.29, 1.82) is 0 Å². The van der Waals surface area contributed by atoms with Crippen LogP contribution in [0.5, 0.6) is 0 Å². The second-order valence-electron chi connectivity index (χ2n) is 4.47. The molecule has 0 spiro atoms. The highest BCUT2D eigenvalue weighted by Crippen LogP contribution is 2.15. The molecule has 1 aromatic rings. The first-order chi connectivity index (χ1) is 8.45. The lowest BCUT2D eigenvalue weighted by atomic mass is 10.1. The summed E-state index contributed by atoms with van der Waals surface area (Å²) in [7, 11) is -3.42. The molecule has 0 radical (unpaired) electrons. The summed E-state index contributed by atoms with van der Waals surface area (Å²) in [6.07, 6.45) is 4.17. The van der Waals surface area contributed by atoms with Crippen molar-refractivity contribution in [2.45, 2.75) is 50.5 Å². The standard InChI is InChI=1S/C13H20ClNO2S/c1-3-4-5-6-11(2)15-18(16,17)13-9-7-12(14)8-10-13/h7-11,15H,3-6H2,1-2H3. The summed E-state index contributed by atoms with van der Waals surface area (Å²) in [6, 6.07) is 6.15. The first-order valence-electron chi connectivity index (χ1n) is 6.23. The Bertz CT molecular complexity index is 456. The normalized spacial score (nSPS) is 13.5. The van der Waals surface area contributed by atoms with Crippen molar-refractivity contribution in [2.24, 2.45) is 0 Å². The number of nitrogens with one attached hydrogen (secondary N) is 1. The topological polar surface area (TPSA) is 46.2 Å². The third-order valence-electron chi connectivity index (χ3n) is 2.72. The van der Waals surface area contributed by atoms with Crippen LogP contribution in [0.4, 0.5) is 0 Å². The maximum absolute atomic E-state index is 12.0. The van der Waals surface area contributed by atoms with Crippen LogP contribution in [0.2, 0.25) is 5.02 Å². The van der Waals surface area contributed by atoms with Gasteiger partial charge in [0.05, 0.1) is 4.90 Å². The van der Waals surface area contributed by atoms with E-state index in [2.05, 4.69) is 11.6 Å². The minimum Gasteiger partial charge on any atom is -0.208 e. The zero-order valence-corrected chi connectivity index (χ0v) is 12.4. The van der Waals surface area contributed by atoms with E-state index in [4.69, 9.17) is 11.6 Å². The van der Waals surface area contributed by atoms with E-state index < -0.39 is 10.0 Å². The molecule has 0 heterocycles. The second kappa shape index (κ2) is 7.12. The Morgan fingerprint density at radius 1 is 1.22 bits per heavy atom. The fourth-order valence-electron chi connectivity index (χ4n) is 1.71. The van der Waals surface area contributed by atoms with Gasteiger partial charge in [0.25, 0.3) is 0 Å². The molecule has 18 heavy (non-hydrogen) atoms. The lowest BCUT2D eigenvalue weighted by molar-refractivity contribution is 0.527. The third-order valence-corrected chi connectivity index (χ3v) is 4.58. The highest BCUT2D eigenvalue weighted by molar-refractivity contribution is 7.89. The van der Waals surface area contributed by atoms with Gasteiger partial charge in [-0.15, -0.1) is 0 Å². The van der Waals surface area contributed by atoms with Crippen LogP contribution in [0.1, 0.15) is 39.5 Å². The van der Waals surface area contributed by atoms with Gasteiger partial charge >= 0.3 is 0 Å². The van der Waals surface area contributed by atoms with Gasteiger partial charge in [-0.2, -0.15) is 0 Å². The fourth-order valence-corrected chi connectivity index (χ4v) is 3.11. The van der Waals surface area contributed by atoms with Crippen molar-refractivity contribution in [3.8, 4) is 0 Å². The van der Waals surface area contributed by atoms with E-state index in [-0.39, 0.29) is 10.9 Å². The van der Waals surface area contributed by atoms with Gasteiger partial charge in [-0.25, -0.2) is 13.1 Å². The van der Waals surface area contributed by atoms with Crippen LogP contribution >= 0.6 is 11.6 Å². The quantitative estimate of drug-likeness (QED) is 0.780. The highest BCUT2D eigenvalue weighted by Gasteiger charge is 2.16. The van der Waals surface area contributed by atoms with Crippen molar-refractivity contribution in [3.63, 3.8) is 0 Å². The maximum Gasteiger partial charge on any atom is 0.240 e. The maximum atomic E-state index is 12.0. The van der Waals surface area contributed by atoms with Crippen molar-refractivity contribution >= 4 is 21.6 Å². The van der Waals surface area contributed by atoms with Crippen LogP contribution in [0.3, 0.4) is 0 Å². The SMILES string of the molecule is CCCCCC(C)NS(=O)(=O)c1ccc(Cl)cc1. The molecule has 0 aliphatic rings. The summed E-state index contributed by atoms with van der Waals surface area (Å²) in [5.74, 6) is 0. The van der Waals surface area contributed by atoms with Crippen LogP contribution in [0.25, 0.3) is 0 Å². The Morgan fingerprint density at radius 3 is 2.39 bits per heavy atom. The number of sulfonamides is 1. The van der Waals surface area contributed by atoms with E-state index in [9.17, 15) is 8.42 Å². The number of halogens is 1.